The minimum Gasteiger partial charge on any atom is -0.494 e. The molecule has 4 heterocycles. The summed E-state index contributed by atoms with van der Waals surface area (Å²) in [7, 11) is 0. The van der Waals surface area contributed by atoms with Crippen LogP contribution in [-0.2, 0) is 11.2 Å². The Balaban J connectivity index is 1.23. The van der Waals surface area contributed by atoms with Gasteiger partial charge in [-0.15, -0.1) is 0 Å². The first kappa shape index (κ1) is 26.5. The number of nitrogens with zero attached hydrogens (tertiary/aromatic N) is 4. The maximum atomic E-state index is 12.9. The molecule has 2 N–H and O–H groups in total. The molecule has 6 rings (SSSR count). The number of carbonyl (C=O) groups excluding carboxylic acids is 1. The Labute approximate surface area is 238 Å². The summed E-state index contributed by atoms with van der Waals surface area (Å²) in [5.74, 6) is 2.81. The minimum atomic E-state index is 0.0310. The summed E-state index contributed by atoms with van der Waals surface area (Å²) in [6.07, 6.45) is 13.2. The topological polar surface area (TPSA) is 103 Å². The molecule has 1 fully saturated rings. The van der Waals surface area contributed by atoms with E-state index in [1.807, 2.05) is 79.2 Å². The van der Waals surface area contributed by atoms with Crippen molar-refractivity contribution in [1.82, 2.24) is 24.7 Å². The van der Waals surface area contributed by atoms with Gasteiger partial charge in [-0.3, -0.25) is 4.79 Å². The van der Waals surface area contributed by atoms with Crippen molar-refractivity contribution in [3.63, 3.8) is 0 Å². The van der Waals surface area contributed by atoms with Crippen LogP contribution < -0.4 is 20.1 Å². The van der Waals surface area contributed by atoms with E-state index in [1.165, 1.54) is 6.33 Å². The molecule has 0 spiro atoms. The fraction of sp³-hybridized carbons (Fsp3) is 0.250. The van der Waals surface area contributed by atoms with Gasteiger partial charge in [0.05, 0.1) is 12.1 Å². The maximum Gasteiger partial charge on any atom is 0.159 e. The molecular weight excluding hydrogens is 516 g/mol. The van der Waals surface area contributed by atoms with Crippen molar-refractivity contribution in [2.24, 2.45) is 0 Å². The van der Waals surface area contributed by atoms with Gasteiger partial charge < -0.3 is 24.5 Å². The van der Waals surface area contributed by atoms with E-state index in [-0.39, 0.29) is 18.2 Å². The van der Waals surface area contributed by atoms with Gasteiger partial charge in [0.2, 0.25) is 0 Å². The Morgan fingerprint density at radius 2 is 2.05 bits per heavy atom. The van der Waals surface area contributed by atoms with E-state index in [0.29, 0.717) is 18.2 Å². The van der Waals surface area contributed by atoms with Crippen LogP contribution in [0.1, 0.15) is 30.9 Å². The summed E-state index contributed by atoms with van der Waals surface area (Å²) in [6, 6.07) is 13.8. The Bertz CT molecular complexity index is 1740. The van der Waals surface area contributed by atoms with Gasteiger partial charge in [-0.1, -0.05) is 6.08 Å². The quantitative estimate of drug-likeness (QED) is 0.207. The van der Waals surface area contributed by atoms with Crippen LogP contribution in [0.2, 0.25) is 0 Å². The molecule has 0 aliphatic carbocycles. The van der Waals surface area contributed by atoms with Crippen LogP contribution in [0.4, 0.5) is 11.5 Å². The monoisotopic (exact) mass is 548 g/mol. The number of nitrogens with one attached hydrogen (secondary N) is 2. The lowest BCUT2D eigenvalue weighted by atomic mass is 10.0. The number of hydrogen-bond donors (Lipinski definition) is 2. The zero-order valence-electron chi connectivity index (χ0n) is 23.1. The summed E-state index contributed by atoms with van der Waals surface area (Å²) in [5.41, 5.74) is 4.19. The highest BCUT2D eigenvalue weighted by Gasteiger charge is 2.15. The molecule has 1 saturated heterocycles. The molecular formula is C32H32N6O3. The average molecular weight is 549 g/mol. The molecule has 1 atom stereocenters. The van der Waals surface area contributed by atoms with Gasteiger partial charge in [0.1, 0.15) is 35.0 Å². The SMILES string of the molecule is CCOc1cc2ncnc(Nc3ccc(Oc4ccn5ccnc5c4)c(C)c3)c2cc1CC(=O)/C=C/[C@H]1CCCN1. The Morgan fingerprint density at radius 1 is 1.12 bits per heavy atom. The number of anilines is 2. The largest absolute Gasteiger partial charge is 0.494 e. The second kappa shape index (κ2) is 11.8. The second-order valence-corrected chi connectivity index (χ2v) is 10.1. The van der Waals surface area contributed by atoms with Gasteiger partial charge in [-0.25, -0.2) is 15.0 Å². The number of aromatic nitrogens is 4. The zero-order chi connectivity index (χ0) is 28.2. The third kappa shape index (κ3) is 6.05. The molecule has 0 amide bonds. The number of carbonyl (C=O) groups is 1. The molecule has 0 unspecified atom stereocenters. The highest BCUT2D eigenvalue weighted by atomic mass is 16.5. The molecule has 3 aromatic heterocycles. The first-order chi connectivity index (χ1) is 20.1. The summed E-state index contributed by atoms with van der Waals surface area (Å²) >= 11 is 0. The number of ether oxygens (including phenoxy) is 2. The summed E-state index contributed by atoms with van der Waals surface area (Å²) in [5, 5.41) is 7.62. The van der Waals surface area contributed by atoms with Crippen LogP contribution in [0.5, 0.6) is 17.2 Å². The van der Waals surface area contributed by atoms with Crippen LogP contribution >= 0.6 is 0 Å². The van der Waals surface area contributed by atoms with Crippen molar-refractivity contribution >= 4 is 33.8 Å². The summed E-state index contributed by atoms with van der Waals surface area (Å²) < 4.78 is 14.0. The van der Waals surface area contributed by atoms with Crippen LogP contribution in [0.15, 0.2) is 79.5 Å². The number of fused-ring (bicyclic) bond motifs is 2. The van der Waals surface area contributed by atoms with Crippen LogP contribution in [0.3, 0.4) is 0 Å². The van der Waals surface area contributed by atoms with Crippen molar-refractivity contribution in [2.75, 3.05) is 18.5 Å². The van der Waals surface area contributed by atoms with E-state index in [4.69, 9.17) is 9.47 Å². The number of imidazole rings is 1. The van der Waals surface area contributed by atoms with Crippen molar-refractivity contribution in [3.05, 3.63) is 90.7 Å². The van der Waals surface area contributed by atoms with Crippen molar-refractivity contribution in [3.8, 4) is 17.2 Å². The molecule has 208 valence electrons. The highest BCUT2D eigenvalue weighted by molar-refractivity contribution is 5.96. The Hall–Kier alpha value is -4.76. The molecule has 0 bridgehead atoms. The lowest BCUT2D eigenvalue weighted by molar-refractivity contribution is -0.114. The predicted octanol–water partition coefficient (Wildman–Crippen LogP) is 5.94. The molecule has 5 aromatic rings. The van der Waals surface area contributed by atoms with E-state index < -0.39 is 0 Å². The Morgan fingerprint density at radius 3 is 2.88 bits per heavy atom. The standard InChI is InChI=1S/C32H32N6O3/c1-3-40-30-19-28-27(17-22(30)16-25(39)8-6-23-5-4-11-33-23)32(36-20-35-28)37-24-7-9-29(21(2)15-24)41-26-10-13-38-14-12-34-31(38)18-26/h6-10,12-15,17-20,23,33H,3-5,11,16H2,1-2H3,(H,35,36,37)/b8-6+/t23-/m1/s1. The number of aryl methyl sites for hydroxylation is 1. The van der Waals surface area contributed by atoms with Gasteiger partial charge in [-0.05, 0) is 75.2 Å². The molecule has 2 aromatic carbocycles. The number of rotatable bonds is 10. The molecule has 0 radical (unpaired) electrons. The normalized spacial score (nSPS) is 15.1. The first-order valence-corrected chi connectivity index (χ1v) is 13.9. The molecule has 1 aliphatic rings. The van der Waals surface area contributed by atoms with Crippen molar-refractivity contribution in [2.45, 2.75) is 39.2 Å². The number of ketones is 1. The van der Waals surface area contributed by atoms with Crippen LogP contribution in [0.25, 0.3) is 16.6 Å². The van der Waals surface area contributed by atoms with Gasteiger partial charge in [0, 0.05) is 59.8 Å². The average Bonchev–Trinajstić information content (AvgIpc) is 3.66. The molecule has 41 heavy (non-hydrogen) atoms. The van der Waals surface area contributed by atoms with Gasteiger partial charge in [-0.2, -0.15) is 0 Å². The van der Waals surface area contributed by atoms with Crippen LogP contribution in [-0.4, -0.2) is 44.3 Å². The lowest BCUT2D eigenvalue weighted by Crippen LogP contribution is -2.18. The molecule has 1 aliphatic heterocycles. The third-order valence-corrected chi connectivity index (χ3v) is 7.13. The van der Waals surface area contributed by atoms with E-state index in [2.05, 4.69) is 25.6 Å². The Kier molecular flexibility index (Phi) is 7.60. The minimum absolute atomic E-state index is 0.0310. The van der Waals surface area contributed by atoms with E-state index in [0.717, 1.165) is 64.2 Å². The number of benzene rings is 2. The van der Waals surface area contributed by atoms with E-state index in [9.17, 15) is 4.79 Å². The van der Waals surface area contributed by atoms with Gasteiger partial charge >= 0.3 is 0 Å². The zero-order valence-corrected chi connectivity index (χ0v) is 23.1. The number of allylic oxidation sites excluding steroid dienone is 1. The third-order valence-electron chi connectivity index (χ3n) is 7.13. The number of pyridine rings is 1. The molecule has 9 heteroatoms. The van der Waals surface area contributed by atoms with Crippen LogP contribution in [0, 0.1) is 6.92 Å². The highest BCUT2D eigenvalue weighted by Crippen LogP contribution is 2.33. The lowest BCUT2D eigenvalue weighted by Gasteiger charge is -2.15. The maximum absolute atomic E-state index is 12.9. The smallest absolute Gasteiger partial charge is 0.159 e. The fourth-order valence-corrected chi connectivity index (χ4v) is 5.06. The van der Waals surface area contributed by atoms with Crippen molar-refractivity contribution in [1.29, 1.82) is 0 Å². The summed E-state index contributed by atoms with van der Waals surface area (Å²) in [6.45, 7) is 5.42. The molecule has 0 saturated carbocycles. The van der Waals surface area contributed by atoms with Crippen molar-refractivity contribution < 1.29 is 14.3 Å². The predicted molar refractivity (Wildman–Crippen MR) is 159 cm³/mol. The van der Waals surface area contributed by atoms with Gasteiger partial charge in [0.25, 0.3) is 0 Å². The fourth-order valence-electron chi connectivity index (χ4n) is 5.06. The molecule has 9 nitrogen and oxygen atoms in total. The number of hydrogen-bond acceptors (Lipinski definition) is 8. The van der Waals surface area contributed by atoms with Gasteiger partial charge in [0.15, 0.2) is 5.78 Å². The summed E-state index contributed by atoms with van der Waals surface area (Å²) in [4.78, 5) is 26.2. The second-order valence-electron chi connectivity index (χ2n) is 10.1. The first-order valence-electron chi connectivity index (χ1n) is 13.9. The van der Waals surface area contributed by atoms with E-state index >= 15 is 0 Å². The van der Waals surface area contributed by atoms with E-state index in [1.54, 1.807) is 12.3 Å².